The van der Waals surface area contributed by atoms with E-state index < -0.39 is 5.41 Å². The number of pyridine rings is 1. The van der Waals surface area contributed by atoms with Crippen LogP contribution in [0.4, 0.5) is 0 Å². The van der Waals surface area contributed by atoms with Crippen molar-refractivity contribution >= 4 is 16.9 Å². The van der Waals surface area contributed by atoms with Crippen molar-refractivity contribution in [1.82, 2.24) is 4.98 Å². The van der Waals surface area contributed by atoms with Crippen LogP contribution in [0.5, 0.6) is 0 Å². The molecule has 1 unspecified atom stereocenters. The molecule has 1 aromatic heterocycles. The summed E-state index contributed by atoms with van der Waals surface area (Å²) >= 11 is 0. The van der Waals surface area contributed by atoms with Crippen LogP contribution in [-0.4, -0.2) is 17.6 Å². The second-order valence-corrected chi connectivity index (χ2v) is 5.05. The number of ether oxygens (including phenoxy) is 1. The Hall–Kier alpha value is -2.16. The van der Waals surface area contributed by atoms with E-state index in [9.17, 15) is 4.79 Å². The molecule has 0 aliphatic rings. The van der Waals surface area contributed by atoms with E-state index in [-0.39, 0.29) is 5.97 Å². The lowest BCUT2D eigenvalue weighted by atomic mass is 9.83. The van der Waals surface area contributed by atoms with Crippen molar-refractivity contribution in [2.45, 2.75) is 20.3 Å². The molecule has 104 valence electrons. The molecule has 0 aliphatic heterocycles. The monoisotopic (exact) mass is 269 g/mol. The van der Waals surface area contributed by atoms with Gasteiger partial charge in [0.1, 0.15) is 0 Å². The zero-order valence-corrected chi connectivity index (χ0v) is 11.9. The van der Waals surface area contributed by atoms with Crippen molar-refractivity contribution in [2.24, 2.45) is 5.41 Å². The van der Waals surface area contributed by atoms with Gasteiger partial charge in [0.25, 0.3) is 0 Å². The van der Waals surface area contributed by atoms with Gasteiger partial charge in [-0.3, -0.25) is 9.78 Å². The van der Waals surface area contributed by atoms with Gasteiger partial charge in [-0.25, -0.2) is 0 Å². The number of nitrogens with zero attached hydrogens (tertiary/aromatic N) is 1. The molecule has 1 heterocycles. The summed E-state index contributed by atoms with van der Waals surface area (Å²) in [7, 11) is 0. The van der Waals surface area contributed by atoms with E-state index in [1.807, 2.05) is 38.1 Å². The summed E-state index contributed by atoms with van der Waals surface area (Å²) in [6.45, 7) is 7.82. The van der Waals surface area contributed by atoms with Gasteiger partial charge in [0.15, 0.2) is 0 Å². The first-order chi connectivity index (χ1) is 9.59. The standard InChI is InChI=1S/C17H19NO2/c1-4-17(3,16(19)20-5-2)12-13-8-9-15-14(11-13)7-6-10-18-15/h4,6-11H,1,5,12H2,2-3H3. The van der Waals surface area contributed by atoms with Gasteiger partial charge in [-0.1, -0.05) is 18.2 Å². The maximum Gasteiger partial charge on any atom is 0.315 e. The summed E-state index contributed by atoms with van der Waals surface area (Å²) in [5.41, 5.74) is 1.32. The van der Waals surface area contributed by atoms with Crippen LogP contribution in [0.25, 0.3) is 10.9 Å². The Balaban J connectivity index is 2.29. The largest absolute Gasteiger partial charge is 0.465 e. The average molecular weight is 269 g/mol. The van der Waals surface area contributed by atoms with Crippen molar-refractivity contribution < 1.29 is 9.53 Å². The third-order valence-corrected chi connectivity index (χ3v) is 3.43. The van der Waals surface area contributed by atoms with Gasteiger partial charge in [0.05, 0.1) is 17.5 Å². The van der Waals surface area contributed by atoms with Crippen LogP contribution in [0.1, 0.15) is 19.4 Å². The van der Waals surface area contributed by atoms with Gasteiger partial charge in [0, 0.05) is 11.6 Å². The first kappa shape index (κ1) is 14.3. The Morgan fingerprint density at radius 1 is 1.45 bits per heavy atom. The summed E-state index contributed by atoms with van der Waals surface area (Å²) in [5.74, 6) is -0.235. The molecular weight excluding hydrogens is 250 g/mol. The molecule has 2 aromatic rings. The van der Waals surface area contributed by atoms with Crippen LogP contribution >= 0.6 is 0 Å². The molecule has 1 aromatic carbocycles. The fraction of sp³-hybridized carbons (Fsp3) is 0.294. The number of benzene rings is 1. The Bertz CT molecular complexity index is 636. The molecule has 0 bridgehead atoms. The second kappa shape index (κ2) is 5.87. The second-order valence-electron chi connectivity index (χ2n) is 5.05. The van der Waals surface area contributed by atoms with Crippen LogP contribution in [0.2, 0.25) is 0 Å². The molecule has 0 saturated carbocycles. The minimum absolute atomic E-state index is 0.235. The van der Waals surface area contributed by atoms with Crippen molar-refractivity contribution in [3.63, 3.8) is 0 Å². The molecule has 0 spiro atoms. The number of rotatable bonds is 5. The number of fused-ring (bicyclic) bond motifs is 1. The van der Waals surface area contributed by atoms with Gasteiger partial charge >= 0.3 is 5.97 Å². The highest BCUT2D eigenvalue weighted by molar-refractivity contribution is 5.81. The summed E-state index contributed by atoms with van der Waals surface area (Å²) in [6.07, 6.45) is 4.01. The molecular formula is C17H19NO2. The number of carbonyl (C=O) groups excluding carboxylic acids is 1. The SMILES string of the molecule is C=CC(C)(Cc1ccc2ncccc2c1)C(=O)OCC. The highest BCUT2D eigenvalue weighted by atomic mass is 16.5. The third kappa shape index (κ3) is 2.87. The molecule has 0 fully saturated rings. The molecule has 0 saturated heterocycles. The average Bonchev–Trinajstić information content (AvgIpc) is 2.47. The van der Waals surface area contributed by atoms with Crippen LogP contribution < -0.4 is 0 Å². The highest BCUT2D eigenvalue weighted by Crippen LogP contribution is 2.27. The number of esters is 1. The normalized spacial score (nSPS) is 13.7. The number of hydrogen-bond acceptors (Lipinski definition) is 3. The van der Waals surface area contributed by atoms with Crippen LogP contribution in [0.3, 0.4) is 0 Å². The van der Waals surface area contributed by atoms with Crippen molar-refractivity contribution in [3.8, 4) is 0 Å². The summed E-state index contributed by atoms with van der Waals surface area (Å²) in [4.78, 5) is 16.3. The first-order valence-electron chi connectivity index (χ1n) is 6.73. The van der Waals surface area contributed by atoms with Gasteiger partial charge in [-0.15, -0.1) is 6.58 Å². The van der Waals surface area contributed by atoms with E-state index in [2.05, 4.69) is 17.6 Å². The summed E-state index contributed by atoms with van der Waals surface area (Å²) in [5, 5.41) is 1.07. The molecule has 3 heteroatoms. The Labute approximate surface area is 119 Å². The lowest BCUT2D eigenvalue weighted by Crippen LogP contribution is -2.30. The predicted octanol–water partition coefficient (Wildman–Crippen LogP) is 3.53. The van der Waals surface area contributed by atoms with E-state index >= 15 is 0 Å². The Morgan fingerprint density at radius 3 is 2.95 bits per heavy atom. The lowest BCUT2D eigenvalue weighted by Gasteiger charge is -2.23. The van der Waals surface area contributed by atoms with Crippen molar-refractivity contribution in [1.29, 1.82) is 0 Å². The van der Waals surface area contributed by atoms with Crippen LogP contribution in [0, 0.1) is 5.41 Å². The van der Waals surface area contributed by atoms with Crippen molar-refractivity contribution in [3.05, 3.63) is 54.7 Å². The topological polar surface area (TPSA) is 39.2 Å². The number of carbonyl (C=O) groups is 1. The zero-order valence-electron chi connectivity index (χ0n) is 11.9. The van der Waals surface area contributed by atoms with E-state index in [0.717, 1.165) is 16.5 Å². The van der Waals surface area contributed by atoms with Gasteiger partial charge in [-0.05, 0) is 44.0 Å². The minimum Gasteiger partial charge on any atom is -0.465 e. The summed E-state index contributed by atoms with van der Waals surface area (Å²) in [6, 6.07) is 9.95. The molecule has 0 amide bonds. The predicted molar refractivity (Wildman–Crippen MR) is 80.4 cm³/mol. The molecule has 3 nitrogen and oxygen atoms in total. The minimum atomic E-state index is -0.702. The van der Waals surface area contributed by atoms with Crippen LogP contribution in [-0.2, 0) is 16.0 Å². The molecule has 20 heavy (non-hydrogen) atoms. The quantitative estimate of drug-likeness (QED) is 0.615. The molecule has 0 N–H and O–H groups in total. The first-order valence-corrected chi connectivity index (χ1v) is 6.73. The maximum absolute atomic E-state index is 12.1. The Kier molecular flexibility index (Phi) is 4.18. The molecule has 0 radical (unpaired) electrons. The lowest BCUT2D eigenvalue weighted by molar-refractivity contribution is -0.151. The molecule has 2 rings (SSSR count). The fourth-order valence-electron chi connectivity index (χ4n) is 2.18. The Morgan fingerprint density at radius 2 is 2.25 bits per heavy atom. The highest BCUT2D eigenvalue weighted by Gasteiger charge is 2.31. The van der Waals surface area contributed by atoms with E-state index in [1.165, 1.54) is 0 Å². The van der Waals surface area contributed by atoms with E-state index in [0.29, 0.717) is 13.0 Å². The summed E-state index contributed by atoms with van der Waals surface area (Å²) < 4.78 is 5.14. The molecule has 0 aliphatic carbocycles. The van der Waals surface area contributed by atoms with Crippen molar-refractivity contribution in [2.75, 3.05) is 6.61 Å². The zero-order chi connectivity index (χ0) is 14.6. The van der Waals surface area contributed by atoms with Crippen LogP contribution in [0.15, 0.2) is 49.2 Å². The number of aromatic nitrogens is 1. The van der Waals surface area contributed by atoms with Gasteiger partial charge in [-0.2, -0.15) is 0 Å². The smallest absolute Gasteiger partial charge is 0.315 e. The third-order valence-electron chi connectivity index (χ3n) is 3.43. The fourth-order valence-corrected chi connectivity index (χ4v) is 2.18. The van der Waals surface area contributed by atoms with Gasteiger partial charge < -0.3 is 4.74 Å². The van der Waals surface area contributed by atoms with E-state index in [4.69, 9.17) is 4.74 Å². The van der Waals surface area contributed by atoms with E-state index in [1.54, 1.807) is 12.3 Å². The van der Waals surface area contributed by atoms with Gasteiger partial charge in [0.2, 0.25) is 0 Å². The number of hydrogen-bond donors (Lipinski definition) is 0. The molecule has 1 atom stereocenters. The maximum atomic E-state index is 12.1.